The number of rotatable bonds is 9. The van der Waals surface area contributed by atoms with E-state index in [2.05, 4.69) is 15.6 Å². The summed E-state index contributed by atoms with van der Waals surface area (Å²) < 4.78 is 5.49. The van der Waals surface area contributed by atoms with Gasteiger partial charge in [-0.25, -0.2) is 4.79 Å². The number of nitrogens with one attached hydrogen (secondary N) is 2. The molecule has 4 rings (SSSR count). The third-order valence-electron chi connectivity index (χ3n) is 5.52. The second-order valence-electron chi connectivity index (χ2n) is 7.64. The summed E-state index contributed by atoms with van der Waals surface area (Å²) in [5.74, 6) is -1.64. The molecule has 8 nitrogen and oxygen atoms in total. The second kappa shape index (κ2) is 10.3. The van der Waals surface area contributed by atoms with Crippen molar-refractivity contribution in [2.24, 2.45) is 0 Å². The van der Waals surface area contributed by atoms with Crippen LogP contribution in [0.2, 0.25) is 0 Å². The Hall–Kier alpha value is -3.72. The van der Waals surface area contributed by atoms with E-state index in [1.165, 1.54) is 11.3 Å². The summed E-state index contributed by atoms with van der Waals surface area (Å²) in [5.41, 5.74) is 6.04. The van der Waals surface area contributed by atoms with Gasteiger partial charge in [0.1, 0.15) is 12.6 Å². The van der Waals surface area contributed by atoms with Crippen LogP contribution in [0.5, 0.6) is 0 Å². The van der Waals surface area contributed by atoms with E-state index in [9.17, 15) is 14.4 Å². The number of fused-ring (bicyclic) bond motifs is 3. The molecule has 0 bridgehead atoms. The number of carbonyl (C=O) groups is 3. The predicted octanol–water partition coefficient (Wildman–Crippen LogP) is 3.53. The molecule has 1 unspecified atom stereocenters. The minimum atomic E-state index is -1.05. The van der Waals surface area contributed by atoms with Gasteiger partial charge in [0, 0.05) is 23.4 Å². The topological polar surface area (TPSA) is 118 Å². The first-order valence-electron chi connectivity index (χ1n) is 10.5. The molecule has 1 aliphatic carbocycles. The van der Waals surface area contributed by atoms with Crippen molar-refractivity contribution in [3.05, 3.63) is 76.2 Å². The highest BCUT2D eigenvalue weighted by Crippen LogP contribution is 2.44. The zero-order valence-corrected chi connectivity index (χ0v) is 18.5. The van der Waals surface area contributed by atoms with Crippen molar-refractivity contribution < 1.29 is 24.2 Å². The van der Waals surface area contributed by atoms with Gasteiger partial charge >= 0.3 is 12.1 Å². The summed E-state index contributed by atoms with van der Waals surface area (Å²) in [5, 5.41) is 14.2. The van der Waals surface area contributed by atoms with Crippen LogP contribution in [0.3, 0.4) is 0 Å². The molecule has 170 valence electrons. The van der Waals surface area contributed by atoms with Crippen LogP contribution in [0.4, 0.5) is 4.79 Å². The number of aromatic nitrogens is 1. The zero-order valence-electron chi connectivity index (χ0n) is 17.7. The molecule has 2 aromatic carbocycles. The van der Waals surface area contributed by atoms with Gasteiger partial charge in [0.15, 0.2) is 0 Å². The minimum Gasteiger partial charge on any atom is -0.481 e. The summed E-state index contributed by atoms with van der Waals surface area (Å²) >= 11 is 1.39. The number of carbonyl (C=O) groups excluding carboxylic acids is 2. The highest BCUT2D eigenvalue weighted by atomic mass is 32.1. The van der Waals surface area contributed by atoms with E-state index < -0.39 is 24.0 Å². The maximum absolute atomic E-state index is 12.6. The number of ether oxygens (including phenoxy) is 1. The number of amides is 2. The van der Waals surface area contributed by atoms with Crippen LogP contribution in [0.15, 0.2) is 60.2 Å². The molecule has 1 aromatic heterocycles. The highest BCUT2D eigenvalue weighted by Gasteiger charge is 2.30. The van der Waals surface area contributed by atoms with Crippen LogP contribution in [-0.2, 0) is 20.9 Å². The quantitative estimate of drug-likeness (QED) is 0.445. The molecule has 33 heavy (non-hydrogen) atoms. The van der Waals surface area contributed by atoms with Gasteiger partial charge in [-0.1, -0.05) is 48.5 Å². The van der Waals surface area contributed by atoms with E-state index >= 15 is 0 Å². The van der Waals surface area contributed by atoms with Gasteiger partial charge < -0.3 is 20.5 Å². The van der Waals surface area contributed by atoms with E-state index in [-0.39, 0.29) is 31.9 Å². The number of hydrogen-bond acceptors (Lipinski definition) is 6. The van der Waals surface area contributed by atoms with E-state index in [0.717, 1.165) is 27.1 Å². The van der Waals surface area contributed by atoms with Gasteiger partial charge in [-0.15, -0.1) is 11.3 Å². The number of carboxylic acid groups (broad SMARTS) is 1. The highest BCUT2D eigenvalue weighted by molar-refractivity contribution is 7.09. The molecule has 0 saturated heterocycles. The molecule has 0 spiro atoms. The summed E-state index contributed by atoms with van der Waals surface area (Å²) in [4.78, 5) is 40.9. The Morgan fingerprint density at radius 3 is 2.33 bits per heavy atom. The Labute approximate surface area is 194 Å². The van der Waals surface area contributed by atoms with Gasteiger partial charge in [0.25, 0.3) is 0 Å². The van der Waals surface area contributed by atoms with Gasteiger partial charge in [-0.2, -0.15) is 0 Å². The fourth-order valence-electron chi connectivity index (χ4n) is 3.95. The number of nitrogens with zero attached hydrogens (tertiary/aromatic N) is 1. The normalized spacial score (nSPS) is 13.0. The standard InChI is InChI=1S/C24H23N3O5S/c28-22(29)10-9-21(23(30)26-12-15-11-25-14-33-15)27-24(31)32-13-20-18-7-3-1-5-16(18)17-6-2-4-8-19(17)20/h1-8,11,14,20-21H,9-10,12-13H2,(H,26,30)(H,27,31)(H,28,29). The molecule has 1 aliphatic rings. The summed E-state index contributed by atoms with van der Waals surface area (Å²) in [7, 11) is 0. The fraction of sp³-hybridized carbons (Fsp3) is 0.250. The number of alkyl carbamates (subject to hydrolysis) is 1. The van der Waals surface area contributed by atoms with Crippen molar-refractivity contribution in [2.45, 2.75) is 31.3 Å². The Balaban J connectivity index is 1.39. The summed E-state index contributed by atoms with van der Waals surface area (Å²) in [6.45, 7) is 0.355. The van der Waals surface area contributed by atoms with Crippen molar-refractivity contribution in [1.29, 1.82) is 0 Å². The molecule has 0 saturated carbocycles. The molecule has 0 aliphatic heterocycles. The Kier molecular flexibility index (Phi) is 6.99. The number of hydrogen-bond donors (Lipinski definition) is 3. The average Bonchev–Trinajstić information content (AvgIpc) is 3.45. The van der Waals surface area contributed by atoms with Gasteiger partial charge in [-0.3, -0.25) is 14.6 Å². The van der Waals surface area contributed by atoms with E-state index in [4.69, 9.17) is 9.84 Å². The first-order valence-corrected chi connectivity index (χ1v) is 11.4. The monoisotopic (exact) mass is 465 g/mol. The third kappa shape index (κ3) is 5.38. The average molecular weight is 466 g/mol. The van der Waals surface area contributed by atoms with Crippen LogP contribution < -0.4 is 10.6 Å². The van der Waals surface area contributed by atoms with Gasteiger partial charge in [0.2, 0.25) is 5.91 Å². The Bertz CT molecular complexity index is 1100. The number of aliphatic carboxylic acids is 1. The van der Waals surface area contributed by atoms with Crippen LogP contribution in [0.25, 0.3) is 11.1 Å². The molecule has 1 atom stereocenters. The molecule has 3 aromatic rings. The van der Waals surface area contributed by atoms with Crippen molar-refractivity contribution in [3.63, 3.8) is 0 Å². The SMILES string of the molecule is O=C(O)CCC(NC(=O)OCC1c2ccccc2-c2ccccc21)C(=O)NCc1cncs1. The number of benzene rings is 2. The first-order chi connectivity index (χ1) is 16.0. The third-order valence-corrected chi connectivity index (χ3v) is 6.30. The van der Waals surface area contributed by atoms with Gasteiger partial charge in [-0.05, 0) is 28.7 Å². The summed E-state index contributed by atoms with van der Waals surface area (Å²) in [6, 6.07) is 15.0. The van der Waals surface area contributed by atoms with Crippen molar-refractivity contribution in [1.82, 2.24) is 15.6 Å². The molecular formula is C24H23N3O5S. The largest absolute Gasteiger partial charge is 0.481 e. The maximum Gasteiger partial charge on any atom is 0.407 e. The Morgan fingerprint density at radius 1 is 1.06 bits per heavy atom. The van der Waals surface area contributed by atoms with Crippen molar-refractivity contribution in [3.8, 4) is 11.1 Å². The minimum absolute atomic E-state index is 0.0476. The zero-order chi connectivity index (χ0) is 23.2. The predicted molar refractivity (Wildman–Crippen MR) is 123 cm³/mol. The first kappa shape index (κ1) is 22.5. The van der Waals surface area contributed by atoms with Crippen molar-refractivity contribution >= 4 is 29.3 Å². The number of thiazole rings is 1. The van der Waals surface area contributed by atoms with Crippen LogP contribution in [-0.4, -0.2) is 40.7 Å². The van der Waals surface area contributed by atoms with E-state index in [1.54, 1.807) is 11.7 Å². The molecule has 3 N–H and O–H groups in total. The molecular weight excluding hydrogens is 442 g/mol. The van der Waals surface area contributed by atoms with Crippen LogP contribution in [0.1, 0.15) is 34.8 Å². The lowest BCUT2D eigenvalue weighted by atomic mass is 9.98. The fourth-order valence-corrected chi connectivity index (χ4v) is 4.48. The lowest BCUT2D eigenvalue weighted by Crippen LogP contribution is -2.47. The van der Waals surface area contributed by atoms with Crippen LogP contribution in [0, 0.1) is 0 Å². The molecule has 9 heteroatoms. The van der Waals surface area contributed by atoms with E-state index in [1.807, 2.05) is 48.5 Å². The molecule has 0 radical (unpaired) electrons. The van der Waals surface area contributed by atoms with Crippen LogP contribution >= 0.6 is 11.3 Å². The Morgan fingerprint density at radius 2 is 1.73 bits per heavy atom. The van der Waals surface area contributed by atoms with Crippen molar-refractivity contribution in [2.75, 3.05) is 6.61 Å². The molecule has 1 heterocycles. The second-order valence-corrected chi connectivity index (χ2v) is 8.61. The van der Waals surface area contributed by atoms with Gasteiger partial charge in [0.05, 0.1) is 12.1 Å². The smallest absolute Gasteiger partial charge is 0.407 e. The van der Waals surface area contributed by atoms with E-state index in [0.29, 0.717) is 0 Å². The lowest BCUT2D eigenvalue weighted by Gasteiger charge is -2.19. The summed E-state index contributed by atoms with van der Waals surface area (Å²) in [6.07, 6.45) is 0.562. The molecule has 0 fully saturated rings. The number of carboxylic acids is 1. The lowest BCUT2D eigenvalue weighted by molar-refractivity contribution is -0.137. The molecule has 2 amide bonds. The maximum atomic E-state index is 12.6.